The summed E-state index contributed by atoms with van der Waals surface area (Å²) in [6.45, 7) is 0.522. The number of carbonyl (C=O) groups excluding carboxylic acids is 1. The van der Waals surface area contributed by atoms with E-state index in [-0.39, 0.29) is 11.9 Å². The molecular formula is C13H20IN3O. The second-order valence-corrected chi connectivity index (χ2v) is 6.19. The highest BCUT2D eigenvalue weighted by molar-refractivity contribution is 14.1. The van der Waals surface area contributed by atoms with Crippen molar-refractivity contribution >= 4 is 28.5 Å². The van der Waals surface area contributed by atoms with Gasteiger partial charge in [0.05, 0.1) is 0 Å². The van der Waals surface area contributed by atoms with Crippen LogP contribution in [0.15, 0.2) is 12.3 Å². The predicted octanol–water partition coefficient (Wildman–Crippen LogP) is 2.26. The first-order valence-electron chi connectivity index (χ1n) is 6.55. The zero-order valence-corrected chi connectivity index (χ0v) is 12.6. The van der Waals surface area contributed by atoms with Crippen LogP contribution in [-0.4, -0.2) is 23.5 Å². The molecule has 5 heteroatoms. The minimum atomic E-state index is -0.0426. The molecule has 0 saturated heterocycles. The van der Waals surface area contributed by atoms with Gasteiger partial charge >= 0.3 is 0 Å². The lowest BCUT2D eigenvalue weighted by atomic mass is 9.84. The van der Waals surface area contributed by atoms with Crippen molar-refractivity contribution in [1.29, 1.82) is 0 Å². The summed E-state index contributed by atoms with van der Waals surface area (Å²) in [5.41, 5.74) is 6.43. The molecular weight excluding hydrogens is 341 g/mol. The van der Waals surface area contributed by atoms with Crippen LogP contribution in [0.5, 0.6) is 0 Å². The van der Waals surface area contributed by atoms with Gasteiger partial charge in [-0.25, -0.2) is 0 Å². The number of aromatic nitrogens is 1. The third-order valence-corrected chi connectivity index (χ3v) is 4.30. The molecule has 1 heterocycles. The quantitative estimate of drug-likeness (QED) is 0.720. The van der Waals surface area contributed by atoms with Crippen LogP contribution in [0.25, 0.3) is 0 Å². The first-order chi connectivity index (χ1) is 8.70. The lowest BCUT2D eigenvalue weighted by Gasteiger charge is -2.29. The van der Waals surface area contributed by atoms with Gasteiger partial charge in [-0.2, -0.15) is 0 Å². The molecule has 1 amide bonds. The smallest absolute Gasteiger partial charge is 0.267 e. The van der Waals surface area contributed by atoms with Crippen molar-refractivity contribution in [3.63, 3.8) is 0 Å². The van der Waals surface area contributed by atoms with Crippen LogP contribution in [0.4, 0.5) is 0 Å². The monoisotopic (exact) mass is 361 g/mol. The van der Waals surface area contributed by atoms with Crippen LogP contribution in [-0.2, 0) is 0 Å². The Morgan fingerprint density at radius 1 is 1.50 bits per heavy atom. The van der Waals surface area contributed by atoms with Crippen LogP contribution in [0.3, 0.4) is 0 Å². The Labute approximate surface area is 121 Å². The van der Waals surface area contributed by atoms with Crippen LogP contribution in [0.2, 0.25) is 0 Å². The number of rotatable bonds is 4. The zero-order valence-electron chi connectivity index (χ0n) is 10.4. The van der Waals surface area contributed by atoms with Crippen molar-refractivity contribution in [2.75, 3.05) is 6.54 Å². The summed E-state index contributed by atoms with van der Waals surface area (Å²) in [5, 5.41) is 3.07. The number of carbonyl (C=O) groups is 1. The average Bonchev–Trinajstić information content (AvgIpc) is 2.83. The minimum Gasteiger partial charge on any atom is -0.356 e. The van der Waals surface area contributed by atoms with E-state index in [4.69, 9.17) is 5.73 Å². The molecule has 4 N–H and O–H groups in total. The van der Waals surface area contributed by atoms with Crippen LogP contribution >= 0.6 is 22.6 Å². The van der Waals surface area contributed by atoms with E-state index >= 15 is 0 Å². The molecule has 1 atom stereocenters. The highest BCUT2D eigenvalue weighted by Crippen LogP contribution is 2.26. The maximum absolute atomic E-state index is 12.1. The standard InChI is InChI=1S/C13H20IN3O/c14-10-6-11(16-8-10)13(18)17-12(7-15)9-4-2-1-3-5-9/h6,8-9,12,16H,1-5,7,15H2,(H,17,18). The van der Waals surface area contributed by atoms with E-state index in [9.17, 15) is 4.79 Å². The van der Waals surface area contributed by atoms with Crippen LogP contribution in [0, 0.1) is 9.49 Å². The first-order valence-corrected chi connectivity index (χ1v) is 7.63. The number of aromatic amines is 1. The van der Waals surface area contributed by atoms with Crippen molar-refractivity contribution in [2.45, 2.75) is 38.1 Å². The lowest BCUT2D eigenvalue weighted by Crippen LogP contribution is -2.46. The molecule has 4 nitrogen and oxygen atoms in total. The number of halogens is 1. The summed E-state index contributed by atoms with van der Waals surface area (Å²) in [6, 6.07) is 1.96. The molecule has 18 heavy (non-hydrogen) atoms. The number of H-pyrrole nitrogens is 1. The van der Waals surface area contributed by atoms with Gasteiger partial charge in [-0.3, -0.25) is 4.79 Å². The zero-order chi connectivity index (χ0) is 13.0. The average molecular weight is 361 g/mol. The van der Waals surface area contributed by atoms with Crippen molar-refractivity contribution in [1.82, 2.24) is 10.3 Å². The normalized spacial score (nSPS) is 18.6. The van der Waals surface area contributed by atoms with Crippen LogP contribution in [0.1, 0.15) is 42.6 Å². The Morgan fingerprint density at radius 3 is 2.78 bits per heavy atom. The number of hydrogen-bond acceptors (Lipinski definition) is 2. The predicted molar refractivity (Wildman–Crippen MR) is 80.4 cm³/mol. The Morgan fingerprint density at radius 2 is 2.22 bits per heavy atom. The summed E-state index contributed by atoms with van der Waals surface area (Å²) >= 11 is 2.18. The second-order valence-electron chi connectivity index (χ2n) is 4.95. The Balaban J connectivity index is 1.95. The molecule has 0 radical (unpaired) electrons. The van der Waals surface area contributed by atoms with Crippen molar-refractivity contribution in [3.05, 3.63) is 21.5 Å². The highest BCUT2D eigenvalue weighted by atomic mass is 127. The maximum atomic E-state index is 12.1. The molecule has 1 aromatic rings. The van der Waals surface area contributed by atoms with Crippen molar-refractivity contribution in [2.24, 2.45) is 11.7 Å². The molecule has 1 saturated carbocycles. The largest absolute Gasteiger partial charge is 0.356 e. The first kappa shape index (κ1) is 13.9. The fourth-order valence-corrected chi connectivity index (χ4v) is 3.12. The summed E-state index contributed by atoms with van der Waals surface area (Å²) in [5.74, 6) is 0.501. The number of nitrogens with one attached hydrogen (secondary N) is 2. The van der Waals surface area contributed by atoms with Crippen molar-refractivity contribution in [3.8, 4) is 0 Å². The van der Waals surface area contributed by atoms with Crippen molar-refractivity contribution < 1.29 is 4.79 Å². The Kier molecular flexibility index (Phi) is 5.05. The molecule has 1 aliphatic rings. The van der Waals surface area contributed by atoms with Gasteiger partial charge < -0.3 is 16.0 Å². The van der Waals surface area contributed by atoms with E-state index < -0.39 is 0 Å². The number of nitrogens with two attached hydrogens (primary N) is 1. The van der Waals surface area contributed by atoms with E-state index in [1.54, 1.807) is 0 Å². The van der Waals surface area contributed by atoms with E-state index in [2.05, 4.69) is 32.9 Å². The molecule has 0 bridgehead atoms. The molecule has 1 unspecified atom stereocenters. The van der Waals surface area contributed by atoms with Gasteiger partial charge in [0.15, 0.2) is 0 Å². The maximum Gasteiger partial charge on any atom is 0.267 e. The van der Waals surface area contributed by atoms with Gasteiger partial charge in [-0.1, -0.05) is 19.3 Å². The molecule has 100 valence electrons. The molecule has 2 rings (SSSR count). The Hall–Kier alpha value is -0.560. The van der Waals surface area contributed by atoms with E-state index in [1.165, 1.54) is 32.1 Å². The summed E-state index contributed by atoms with van der Waals surface area (Å²) < 4.78 is 1.04. The van der Waals surface area contributed by atoms with E-state index in [0.29, 0.717) is 18.2 Å². The van der Waals surface area contributed by atoms with Gasteiger partial charge in [-0.15, -0.1) is 0 Å². The van der Waals surface area contributed by atoms with Gasteiger partial charge in [-0.05, 0) is 47.4 Å². The van der Waals surface area contributed by atoms with Gasteiger partial charge in [0.25, 0.3) is 5.91 Å². The van der Waals surface area contributed by atoms with Gasteiger partial charge in [0, 0.05) is 22.4 Å². The summed E-state index contributed by atoms with van der Waals surface area (Å²) in [6.07, 6.45) is 8.04. The lowest BCUT2D eigenvalue weighted by molar-refractivity contribution is 0.0911. The number of amides is 1. The molecule has 0 aliphatic heterocycles. The van der Waals surface area contributed by atoms with Gasteiger partial charge in [0.1, 0.15) is 5.69 Å². The van der Waals surface area contributed by atoms with Crippen LogP contribution < -0.4 is 11.1 Å². The van der Waals surface area contributed by atoms with E-state index in [1.807, 2.05) is 12.3 Å². The SMILES string of the molecule is NCC(NC(=O)c1cc(I)c[nH]1)C1CCCCC1. The number of hydrogen-bond donors (Lipinski definition) is 3. The molecule has 1 aliphatic carbocycles. The molecule has 0 spiro atoms. The fraction of sp³-hybridized carbons (Fsp3) is 0.615. The molecule has 1 fully saturated rings. The fourth-order valence-electron chi connectivity index (χ4n) is 2.65. The van der Waals surface area contributed by atoms with E-state index in [0.717, 1.165) is 3.57 Å². The molecule has 1 aromatic heterocycles. The third kappa shape index (κ3) is 3.47. The van der Waals surface area contributed by atoms with Gasteiger partial charge in [0.2, 0.25) is 0 Å². The Bertz CT molecular complexity index is 399. The third-order valence-electron chi connectivity index (χ3n) is 3.68. The molecule has 0 aromatic carbocycles. The summed E-state index contributed by atoms with van der Waals surface area (Å²) in [4.78, 5) is 15.0. The topological polar surface area (TPSA) is 70.9 Å². The minimum absolute atomic E-state index is 0.0426. The highest BCUT2D eigenvalue weighted by Gasteiger charge is 2.24. The summed E-state index contributed by atoms with van der Waals surface area (Å²) in [7, 11) is 0. The second kappa shape index (κ2) is 6.56.